The standard InChI is InChI=1S/C75H45NO2S/c1-4-24-51-47(21-1)50-45-46(43-44-54(50)73(51)55-27-7-13-37-65(55)77-66-38-14-8-28-56(66)73)76(63-35-19-33-61-71(63)48-22-2-5-25-52(48)74(61)57-29-9-15-39-67(57)78-68-40-16-10-30-58(68)74)64-36-20-34-62-72(64)49-23-3-6-26-53(49)75(62)59-31-11-17-41-69(59)79-70-42-18-12-32-60(70)75/h1-45H. The molecule has 0 radical (unpaired) electrons. The summed E-state index contributed by atoms with van der Waals surface area (Å²) in [4.78, 5) is 5.19. The van der Waals surface area contributed by atoms with E-state index >= 15 is 0 Å². The SMILES string of the molecule is c1ccc2c(c1)Oc1ccccc1C21c2ccccc2-c2cc(N(c3cccc4c3-c3ccccc3C43c4ccccc4Oc4ccccc43)c3cccc4c3-c3ccccc3C43c4ccccc4Sc4ccccc43)ccc21. The van der Waals surface area contributed by atoms with Gasteiger partial charge in [0.1, 0.15) is 23.0 Å². The van der Waals surface area contributed by atoms with E-state index < -0.39 is 16.2 Å². The van der Waals surface area contributed by atoms with Crippen molar-refractivity contribution in [3.63, 3.8) is 0 Å². The van der Waals surface area contributed by atoms with Gasteiger partial charge < -0.3 is 14.4 Å². The third-order valence-corrected chi connectivity index (χ3v) is 19.4. The maximum Gasteiger partial charge on any atom is 0.132 e. The molecule has 368 valence electrons. The summed E-state index contributed by atoms with van der Waals surface area (Å²) in [5, 5.41) is 0. The second-order valence-corrected chi connectivity index (χ2v) is 22.7. The quantitative estimate of drug-likeness (QED) is 0.176. The van der Waals surface area contributed by atoms with Gasteiger partial charge in [-0.1, -0.05) is 224 Å². The van der Waals surface area contributed by atoms with Gasteiger partial charge >= 0.3 is 0 Å². The molecule has 0 atom stereocenters. The fraction of sp³-hybridized carbons (Fsp3) is 0.0400. The van der Waals surface area contributed by atoms with E-state index in [4.69, 9.17) is 9.47 Å². The third-order valence-electron chi connectivity index (χ3n) is 18.3. The van der Waals surface area contributed by atoms with E-state index in [0.29, 0.717) is 0 Å². The van der Waals surface area contributed by atoms with Crippen molar-refractivity contribution >= 4 is 28.8 Å². The van der Waals surface area contributed by atoms with Crippen molar-refractivity contribution in [2.24, 2.45) is 0 Å². The van der Waals surface area contributed by atoms with Crippen molar-refractivity contribution in [2.45, 2.75) is 26.0 Å². The smallest absolute Gasteiger partial charge is 0.132 e. The molecule has 3 aliphatic carbocycles. The van der Waals surface area contributed by atoms with Crippen molar-refractivity contribution in [2.75, 3.05) is 4.90 Å². The predicted octanol–water partition coefficient (Wildman–Crippen LogP) is 18.9. The summed E-state index contributed by atoms with van der Waals surface area (Å²) in [5.74, 6) is 3.52. The number of fused-ring (bicyclic) bond motifs is 27. The first-order valence-electron chi connectivity index (χ1n) is 27.3. The molecule has 3 heterocycles. The molecule has 3 nitrogen and oxygen atoms in total. The molecule has 0 N–H and O–H groups in total. The van der Waals surface area contributed by atoms with Gasteiger partial charge in [0, 0.05) is 48.9 Å². The molecule has 3 spiro atoms. The molecule has 3 aliphatic heterocycles. The summed E-state index contributed by atoms with van der Waals surface area (Å²) in [6, 6.07) is 102. The van der Waals surface area contributed by atoms with Crippen molar-refractivity contribution in [3.8, 4) is 56.4 Å². The number of ether oxygens (including phenoxy) is 2. The highest BCUT2D eigenvalue weighted by atomic mass is 32.2. The Morgan fingerprint density at radius 1 is 0.253 bits per heavy atom. The highest BCUT2D eigenvalue weighted by Gasteiger charge is 2.55. The van der Waals surface area contributed by atoms with Crippen LogP contribution in [0.15, 0.2) is 283 Å². The number of nitrogens with zero attached hydrogens (tertiary/aromatic N) is 1. The Hall–Kier alpha value is -9.61. The molecule has 4 heteroatoms. The largest absolute Gasteiger partial charge is 0.457 e. The van der Waals surface area contributed by atoms with Gasteiger partial charge in [-0.25, -0.2) is 0 Å². The van der Waals surface area contributed by atoms with Crippen LogP contribution in [0, 0.1) is 0 Å². The van der Waals surface area contributed by atoms with Gasteiger partial charge in [0.25, 0.3) is 0 Å². The zero-order chi connectivity index (χ0) is 51.6. The highest BCUT2D eigenvalue weighted by Crippen LogP contribution is 2.68. The van der Waals surface area contributed by atoms with Crippen LogP contribution >= 0.6 is 11.8 Å². The zero-order valence-corrected chi connectivity index (χ0v) is 43.5. The van der Waals surface area contributed by atoms with Gasteiger partial charge in [0.15, 0.2) is 0 Å². The second kappa shape index (κ2) is 15.8. The van der Waals surface area contributed by atoms with Crippen LogP contribution < -0.4 is 14.4 Å². The first kappa shape index (κ1) is 43.5. The van der Waals surface area contributed by atoms with Crippen LogP contribution in [0.2, 0.25) is 0 Å². The Kier molecular flexibility index (Phi) is 8.67. The fourth-order valence-corrected chi connectivity index (χ4v) is 16.7. The Bertz CT molecular complexity index is 4310. The molecule has 0 fully saturated rings. The first-order valence-corrected chi connectivity index (χ1v) is 28.1. The van der Waals surface area contributed by atoms with Crippen LogP contribution in [-0.2, 0) is 16.2 Å². The lowest BCUT2D eigenvalue weighted by atomic mass is 9.66. The highest BCUT2D eigenvalue weighted by molar-refractivity contribution is 7.99. The fourth-order valence-electron chi connectivity index (χ4n) is 15.5. The average Bonchev–Trinajstić information content (AvgIpc) is 3.08. The Morgan fingerprint density at radius 3 is 1.05 bits per heavy atom. The lowest BCUT2D eigenvalue weighted by Gasteiger charge is -2.40. The van der Waals surface area contributed by atoms with Crippen molar-refractivity contribution < 1.29 is 9.47 Å². The van der Waals surface area contributed by atoms with Crippen LogP contribution in [0.3, 0.4) is 0 Å². The Labute approximate surface area is 462 Å². The molecular weight excluding hydrogens is 979 g/mol. The number of benzene rings is 12. The molecule has 0 aromatic heterocycles. The molecule has 79 heavy (non-hydrogen) atoms. The Morgan fingerprint density at radius 2 is 0.582 bits per heavy atom. The molecular formula is C75H45NO2S. The molecule has 0 saturated heterocycles. The van der Waals surface area contributed by atoms with Crippen molar-refractivity contribution in [1.82, 2.24) is 0 Å². The lowest BCUT2D eigenvalue weighted by Crippen LogP contribution is -2.32. The lowest BCUT2D eigenvalue weighted by molar-refractivity contribution is 0.436. The molecule has 12 aromatic carbocycles. The second-order valence-electron chi connectivity index (χ2n) is 21.6. The number of hydrogen-bond donors (Lipinski definition) is 0. The van der Waals surface area contributed by atoms with Crippen LogP contribution in [0.5, 0.6) is 23.0 Å². The summed E-state index contributed by atoms with van der Waals surface area (Å²) in [7, 11) is 0. The minimum absolute atomic E-state index is 0.566. The maximum atomic E-state index is 6.84. The van der Waals surface area contributed by atoms with Gasteiger partial charge in [0.2, 0.25) is 0 Å². The number of hydrogen-bond acceptors (Lipinski definition) is 4. The summed E-state index contributed by atoms with van der Waals surface area (Å²) in [6.45, 7) is 0. The predicted molar refractivity (Wildman–Crippen MR) is 317 cm³/mol. The zero-order valence-electron chi connectivity index (χ0n) is 42.7. The molecule has 6 aliphatic rings. The molecule has 0 amide bonds. The van der Waals surface area contributed by atoms with Gasteiger partial charge in [-0.05, 0) is 127 Å². The van der Waals surface area contributed by atoms with E-state index in [2.05, 4.69) is 278 Å². The maximum absolute atomic E-state index is 6.84. The monoisotopic (exact) mass is 1020 g/mol. The van der Waals surface area contributed by atoms with Gasteiger partial charge in [-0.2, -0.15) is 0 Å². The minimum atomic E-state index is -0.658. The van der Waals surface area contributed by atoms with Crippen LogP contribution in [0.25, 0.3) is 33.4 Å². The van der Waals surface area contributed by atoms with E-state index in [-0.39, 0.29) is 0 Å². The van der Waals surface area contributed by atoms with Crippen LogP contribution in [0.4, 0.5) is 17.1 Å². The van der Waals surface area contributed by atoms with Crippen molar-refractivity contribution in [1.29, 1.82) is 0 Å². The van der Waals surface area contributed by atoms with Crippen LogP contribution in [0.1, 0.15) is 66.8 Å². The molecule has 12 aromatic rings. The third kappa shape index (κ3) is 5.30. The van der Waals surface area contributed by atoms with Crippen LogP contribution in [-0.4, -0.2) is 0 Å². The topological polar surface area (TPSA) is 21.7 Å². The van der Waals surface area contributed by atoms with E-state index in [1.54, 1.807) is 0 Å². The Balaban J connectivity index is 0.969. The minimum Gasteiger partial charge on any atom is -0.457 e. The number of rotatable bonds is 3. The molecule has 18 rings (SSSR count). The normalized spacial score (nSPS) is 15.3. The number of anilines is 3. The summed E-state index contributed by atoms with van der Waals surface area (Å²) < 4.78 is 13.6. The van der Waals surface area contributed by atoms with E-state index in [0.717, 1.165) is 62.3 Å². The van der Waals surface area contributed by atoms with Gasteiger partial charge in [0.05, 0.1) is 27.6 Å². The van der Waals surface area contributed by atoms with Gasteiger partial charge in [-0.3, -0.25) is 0 Å². The summed E-state index contributed by atoms with van der Waals surface area (Å²) >= 11 is 1.88. The molecule has 0 saturated carbocycles. The van der Waals surface area contributed by atoms with E-state index in [9.17, 15) is 0 Å². The van der Waals surface area contributed by atoms with E-state index in [1.807, 2.05) is 11.8 Å². The average molecular weight is 1020 g/mol. The van der Waals surface area contributed by atoms with Crippen molar-refractivity contribution in [3.05, 3.63) is 340 Å². The summed E-state index contributed by atoms with van der Waals surface area (Å²) in [6.07, 6.45) is 0. The molecule has 0 bridgehead atoms. The number of para-hydroxylation sites is 4. The molecule has 0 unspecified atom stereocenters. The summed E-state index contributed by atoms with van der Waals surface area (Å²) in [5.41, 5.74) is 23.6. The van der Waals surface area contributed by atoms with E-state index in [1.165, 1.54) is 87.7 Å². The van der Waals surface area contributed by atoms with Gasteiger partial charge in [-0.15, -0.1) is 0 Å². The first-order chi connectivity index (χ1) is 39.2.